The van der Waals surface area contributed by atoms with Crippen molar-refractivity contribution in [1.82, 2.24) is 5.32 Å². The van der Waals surface area contributed by atoms with E-state index in [1.54, 1.807) is 0 Å². The lowest BCUT2D eigenvalue weighted by Crippen LogP contribution is -2.38. The fourth-order valence-corrected chi connectivity index (χ4v) is 2.38. The first-order chi connectivity index (χ1) is 10.2. The highest BCUT2D eigenvalue weighted by Crippen LogP contribution is 2.29. The van der Waals surface area contributed by atoms with Gasteiger partial charge in [-0.1, -0.05) is 69.3 Å². The van der Waals surface area contributed by atoms with Gasteiger partial charge in [-0.2, -0.15) is 0 Å². The molecule has 1 N–H and O–H groups in total. The molecule has 0 aromatic heterocycles. The second-order valence-corrected chi connectivity index (χ2v) is 5.58. The molecular formula is C19H25NO. The number of rotatable bonds is 7. The van der Waals surface area contributed by atoms with Crippen molar-refractivity contribution in [2.75, 3.05) is 13.2 Å². The van der Waals surface area contributed by atoms with Crippen molar-refractivity contribution in [3.63, 3.8) is 0 Å². The second-order valence-electron chi connectivity index (χ2n) is 5.58. The number of nitrogens with one attached hydrogen (secondary N) is 1. The normalized spacial score (nSPS) is 12.4. The quantitative estimate of drug-likeness (QED) is 0.815. The van der Waals surface area contributed by atoms with Gasteiger partial charge in [-0.15, -0.1) is 0 Å². The van der Waals surface area contributed by atoms with Crippen molar-refractivity contribution in [3.05, 3.63) is 54.6 Å². The van der Waals surface area contributed by atoms with Gasteiger partial charge in [0.25, 0.3) is 0 Å². The first-order valence-electron chi connectivity index (χ1n) is 7.73. The molecule has 0 spiro atoms. The molecule has 0 saturated heterocycles. The van der Waals surface area contributed by atoms with Crippen molar-refractivity contribution >= 4 is 0 Å². The van der Waals surface area contributed by atoms with E-state index in [4.69, 9.17) is 4.74 Å². The zero-order chi connectivity index (χ0) is 15.1. The highest BCUT2D eigenvalue weighted by atomic mass is 16.5. The van der Waals surface area contributed by atoms with Crippen molar-refractivity contribution in [1.29, 1.82) is 0 Å². The number of hydrogen-bond acceptors (Lipinski definition) is 2. The molecule has 0 aliphatic heterocycles. The van der Waals surface area contributed by atoms with Crippen LogP contribution < -0.4 is 10.1 Å². The van der Waals surface area contributed by atoms with E-state index in [1.807, 2.05) is 18.2 Å². The van der Waals surface area contributed by atoms with Gasteiger partial charge in [0, 0.05) is 11.6 Å². The summed E-state index contributed by atoms with van der Waals surface area (Å²) in [6, 6.07) is 19.0. The first kappa shape index (κ1) is 15.6. The summed E-state index contributed by atoms with van der Waals surface area (Å²) in [6.07, 6.45) is 0. The van der Waals surface area contributed by atoms with E-state index in [9.17, 15) is 0 Å². The third-order valence-electron chi connectivity index (χ3n) is 3.66. The van der Waals surface area contributed by atoms with E-state index < -0.39 is 0 Å². The number of benzene rings is 2. The number of para-hydroxylation sites is 1. The van der Waals surface area contributed by atoms with Gasteiger partial charge in [-0.05, 0) is 24.1 Å². The van der Waals surface area contributed by atoms with Gasteiger partial charge in [-0.3, -0.25) is 0 Å². The minimum atomic E-state index is 0.374. The molecular weight excluding hydrogens is 258 g/mol. The molecule has 21 heavy (non-hydrogen) atoms. The average molecular weight is 283 g/mol. The smallest absolute Gasteiger partial charge is 0.127 e. The minimum absolute atomic E-state index is 0.374. The van der Waals surface area contributed by atoms with E-state index in [1.165, 1.54) is 5.56 Å². The fourth-order valence-electron chi connectivity index (χ4n) is 2.38. The third-order valence-corrected chi connectivity index (χ3v) is 3.66. The Morgan fingerprint density at radius 2 is 1.62 bits per heavy atom. The molecule has 2 rings (SSSR count). The molecule has 1 atom stereocenters. The molecule has 0 aliphatic rings. The van der Waals surface area contributed by atoms with Crippen molar-refractivity contribution in [2.45, 2.75) is 26.8 Å². The summed E-state index contributed by atoms with van der Waals surface area (Å²) >= 11 is 0. The summed E-state index contributed by atoms with van der Waals surface area (Å²) in [6.45, 7) is 8.23. The van der Waals surface area contributed by atoms with E-state index >= 15 is 0 Å². The maximum absolute atomic E-state index is 6.11. The molecule has 2 nitrogen and oxygen atoms in total. The highest BCUT2D eigenvalue weighted by Gasteiger charge is 2.14. The maximum Gasteiger partial charge on any atom is 0.127 e. The topological polar surface area (TPSA) is 21.3 Å². The van der Waals surface area contributed by atoms with Gasteiger partial charge in [-0.25, -0.2) is 0 Å². The predicted molar refractivity (Wildman–Crippen MR) is 89.7 cm³/mol. The van der Waals surface area contributed by atoms with Crippen LogP contribution in [0.2, 0.25) is 0 Å². The zero-order valence-electron chi connectivity index (χ0n) is 13.2. The first-order valence-corrected chi connectivity index (χ1v) is 7.73. The van der Waals surface area contributed by atoms with E-state index in [0.717, 1.165) is 17.9 Å². The lowest BCUT2D eigenvalue weighted by molar-refractivity contribution is 0.233. The van der Waals surface area contributed by atoms with Gasteiger partial charge >= 0.3 is 0 Å². The summed E-state index contributed by atoms with van der Waals surface area (Å²) in [5, 5.41) is 3.49. The maximum atomic E-state index is 6.11. The van der Waals surface area contributed by atoms with Crippen LogP contribution in [0.1, 0.15) is 20.8 Å². The molecule has 0 amide bonds. The summed E-state index contributed by atoms with van der Waals surface area (Å²) in [5.41, 5.74) is 2.34. The van der Waals surface area contributed by atoms with Crippen LogP contribution >= 0.6 is 0 Å². The zero-order valence-corrected chi connectivity index (χ0v) is 13.2. The molecule has 1 unspecified atom stereocenters. The Bertz CT molecular complexity index is 536. The summed E-state index contributed by atoms with van der Waals surface area (Å²) < 4.78 is 6.11. The summed E-state index contributed by atoms with van der Waals surface area (Å²) in [7, 11) is 0. The van der Waals surface area contributed by atoms with Crippen LogP contribution in [-0.4, -0.2) is 19.2 Å². The van der Waals surface area contributed by atoms with Gasteiger partial charge in [0.2, 0.25) is 0 Å². The van der Waals surface area contributed by atoms with Crippen LogP contribution in [0.25, 0.3) is 11.1 Å². The van der Waals surface area contributed by atoms with E-state index in [0.29, 0.717) is 18.6 Å². The van der Waals surface area contributed by atoms with Gasteiger partial charge in [0.05, 0.1) is 0 Å². The number of hydrogen-bond donors (Lipinski definition) is 1. The SMILES string of the molecule is CCNC(COc1ccccc1-c1ccccc1)C(C)C. The van der Waals surface area contributed by atoms with Crippen LogP contribution in [0, 0.1) is 5.92 Å². The average Bonchev–Trinajstić information content (AvgIpc) is 2.52. The Kier molecular flexibility index (Phi) is 5.82. The Morgan fingerprint density at radius 1 is 0.952 bits per heavy atom. The molecule has 2 heteroatoms. The summed E-state index contributed by atoms with van der Waals surface area (Å²) in [4.78, 5) is 0. The number of likely N-dealkylation sites (N-methyl/N-ethyl adjacent to an activating group) is 1. The summed E-state index contributed by atoms with van der Waals surface area (Å²) in [5.74, 6) is 1.50. The molecule has 0 aliphatic carbocycles. The molecule has 2 aromatic rings. The second kappa shape index (κ2) is 7.84. The van der Waals surface area contributed by atoms with Crippen molar-refractivity contribution in [3.8, 4) is 16.9 Å². The molecule has 2 aromatic carbocycles. The van der Waals surface area contributed by atoms with Gasteiger partial charge in [0.1, 0.15) is 12.4 Å². The van der Waals surface area contributed by atoms with Crippen LogP contribution in [0.4, 0.5) is 0 Å². The predicted octanol–water partition coefficient (Wildman–Crippen LogP) is 4.37. The molecule has 0 bridgehead atoms. The van der Waals surface area contributed by atoms with Crippen molar-refractivity contribution < 1.29 is 4.74 Å². The molecule has 0 saturated carbocycles. The molecule has 0 heterocycles. The van der Waals surface area contributed by atoms with E-state index in [2.05, 4.69) is 62.5 Å². The van der Waals surface area contributed by atoms with Crippen LogP contribution in [-0.2, 0) is 0 Å². The standard InChI is InChI=1S/C19H25NO/c1-4-20-18(15(2)3)14-21-19-13-9-8-12-17(19)16-10-6-5-7-11-16/h5-13,15,18,20H,4,14H2,1-3H3. The Balaban J connectivity index is 2.14. The lowest BCUT2D eigenvalue weighted by atomic mass is 10.0. The van der Waals surface area contributed by atoms with Crippen molar-refractivity contribution in [2.24, 2.45) is 5.92 Å². The fraction of sp³-hybridized carbons (Fsp3) is 0.368. The lowest BCUT2D eigenvalue weighted by Gasteiger charge is -2.23. The monoisotopic (exact) mass is 283 g/mol. The Labute approximate surface area is 128 Å². The Hall–Kier alpha value is -1.80. The third kappa shape index (κ3) is 4.33. The number of ether oxygens (including phenoxy) is 1. The molecule has 0 fully saturated rings. The molecule has 0 radical (unpaired) electrons. The molecule has 112 valence electrons. The van der Waals surface area contributed by atoms with Crippen LogP contribution in [0.3, 0.4) is 0 Å². The minimum Gasteiger partial charge on any atom is -0.491 e. The van der Waals surface area contributed by atoms with Gasteiger partial charge in [0.15, 0.2) is 0 Å². The van der Waals surface area contributed by atoms with Gasteiger partial charge < -0.3 is 10.1 Å². The van der Waals surface area contributed by atoms with Crippen LogP contribution in [0.15, 0.2) is 54.6 Å². The Morgan fingerprint density at radius 3 is 2.29 bits per heavy atom. The van der Waals surface area contributed by atoms with Crippen LogP contribution in [0.5, 0.6) is 5.75 Å². The van der Waals surface area contributed by atoms with E-state index in [-0.39, 0.29) is 0 Å². The highest BCUT2D eigenvalue weighted by molar-refractivity contribution is 5.70. The largest absolute Gasteiger partial charge is 0.491 e.